The topological polar surface area (TPSA) is 182 Å². The molecule has 0 saturated carbocycles. The average molecular weight is 846 g/mol. The SMILES string of the molecule is C.C.C.Cc1cc(N2CCCCC2=O)c(C)cc1N.Cc1cc([N+](=O)[O-])c(C)cc1Br.Cc1cc([N+](=O)[O-])c(C)cc1N1CCCCC1=O.O=C1CCCCN1.[HH]. The van der Waals surface area contributed by atoms with Gasteiger partial charge in [-0.1, -0.05) is 38.2 Å². The number of hydrogen-bond donors (Lipinski definition) is 2. The summed E-state index contributed by atoms with van der Waals surface area (Å²) < 4.78 is 0.908. The highest BCUT2D eigenvalue weighted by molar-refractivity contribution is 9.10. The first-order chi connectivity index (χ1) is 25.0. The summed E-state index contributed by atoms with van der Waals surface area (Å²) in [6, 6.07) is 10.6. The van der Waals surface area contributed by atoms with Crippen LogP contribution in [0.25, 0.3) is 0 Å². The fourth-order valence-electron chi connectivity index (χ4n) is 6.20. The molecule has 0 bridgehead atoms. The van der Waals surface area contributed by atoms with E-state index in [0.29, 0.717) is 30.5 Å². The van der Waals surface area contributed by atoms with Crippen LogP contribution in [0, 0.1) is 61.8 Å². The maximum Gasteiger partial charge on any atom is 0.272 e. The van der Waals surface area contributed by atoms with Crippen molar-refractivity contribution in [2.75, 3.05) is 35.2 Å². The average Bonchev–Trinajstić information content (AvgIpc) is 3.10. The minimum atomic E-state index is -0.385. The molecule has 3 amide bonds. The number of carbonyl (C=O) groups excluding carboxylic acids is 3. The summed E-state index contributed by atoms with van der Waals surface area (Å²) in [6.45, 7) is 13.5. The molecule has 0 radical (unpaired) electrons. The molecule has 3 saturated heterocycles. The molecule has 3 aliphatic heterocycles. The fraction of sp³-hybridized carbons (Fsp3) is 0.500. The number of nitrogens with one attached hydrogen (secondary N) is 1. The Morgan fingerprint density at radius 3 is 1.45 bits per heavy atom. The number of rotatable bonds is 4. The van der Waals surface area contributed by atoms with E-state index in [1.54, 1.807) is 43.0 Å². The minimum Gasteiger partial charge on any atom is -0.399 e. The lowest BCUT2D eigenvalue weighted by Gasteiger charge is -2.28. The number of hydrogen-bond acceptors (Lipinski definition) is 8. The molecule has 0 atom stereocenters. The van der Waals surface area contributed by atoms with Gasteiger partial charge < -0.3 is 20.9 Å². The monoisotopic (exact) mass is 844 g/mol. The number of anilines is 3. The van der Waals surface area contributed by atoms with Crippen molar-refractivity contribution >= 4 is 62.1 Å². The van der Waals surface area contributed by atoms with Gasteiger partial charge in [-0.15, -0.1) is 0 Å². The molecule has 3 heterocycles. The molecule has 14 heteroatoms. The lowest BCUT2D eigenvalue weighted by atomic mass is 10.0. The van der Waals surface area contributed by atoms with Gasteiger partial charge in [-0.3, -0.25) is 34.6 Å². The third-order valence-electron chi connectivity index (χ3n) is 9.35. The maximum atomic E-state index is 11.9. The van der Waals surface area contributed by atoms with E-state index in [-0.39, 0.29) is 62.6 Å². The summed E-state index contributed by atoms with van der Waals surface area (Å²) in [5.74, 6) is 0.558. The molecule has 13 nitrogen and oxygen atoms in total. The zero-order chi connectivity index (χ0) is 39.4. The Hall–Kier alpha value is -4.85. The summed E-state index contributed by atoms with van der Waals surface area (Å²) >= 11 is 3.31. The zero-order valence-corrected chi connectivity index (χ0v) is 33.1. The molecule has 56 heavy (non-hydrogen) atoms. The van der Waals surface area contributed by atoms with Gasteiger partial charge >= 0.3 is 0 Å². The Balaban J connectivity index is 0. The molecular weight excluding hydrogens is 780 g/mol. The molecule has 3 aromatic carbocycles. The number of nitrogens with two attached hydrogens (primary N) is 1. The Kier molecular flexibility index (Phi) is 21.9. The van der Waals surface area contributed by atoms with Crippen LogP contribution in [0.1, 0.15) is 115 Å². The van der Waals surface area contributed by atoms with Crippen LogP contribution in [0.5, 0.6) is 0 Å². The predicted molar refractivity (Wildman–Crippen MR) is 235 cm³/mol. The van der Waals surface area contributed by atoms with Crippen LogP contribution in [-0.4, -0.2) is 47.2 Å². The highest BCUT2D eigenvalue weighted by Gasteiger charge is 2.24. The normalized spacial score (nSPS) is 14.7. The molecular formula is C42H65BrN6O7. The largest absolute Gasteiger partial charge is 0.399 e. The highest BCUT2D eigenvalue weighted by Crippen LogP contribution is 2.31. The number of nitro groups is 2. The van der Waals surface area contributed by atoms with Gasteiger partial charge in [-0.05, 0) is 127 Å². The van der Waals surface area contributed by atoms with E-state index in [2.05, 4.69) is 21.2 Å². The van der Waals surface area contributed by atoms with E-state index in [1.807, 2.05) is 44.7 Å². The van der Waals surface area contributed by atoms with Crippen molar-refractivity contribution in [2.45, 2.75) is 122 Å². The lowest BCUT2D eigenvalue weighted by molar-refractivity contribution is -0.385. The van der Waals surface area contributed by atoms with Gasteiger partial charge in [0.2, 0.25) is 17.7 Å². The van der Waals surface area contributed by atoms with Crippen molar-refractivity contribution in [2.24, 2.45) is 0 Å². The Bertz CT molecular complexity index is 1850. The maximum absolute atomic E-state index is 11.9. The smallest absolute Gasteiger partial charge is 0.272 e. The molecule has 0 spiro atoms. The molecule has 0 aromatic heterocycles. The summed E-state index contributed by atoms with van der Waals surface area (Å²) in [4.78, 5) is 58.3. The Morgan fingerprint density at radius 2 is 1.04 bits per heavy atom. The minimum absolute atomic E-state index is 0. The first-order valence-corrected chi connectivity index (χ1v) is 18.7. The highest BCUT2D eigenvalue weighted by atomic mass is 79.9. The molecule has 3 aromatic rings. The number of nitrogen functional groups attached to an aromatic ring is 1. The van der Waals surface area contributed by atoms with Crippen LogP contribution in [0.2, 0.25) is 0 Å². The Morgan fingerprint density at radius 1 is 0.607 bits per heavy atom. The van der Waals surface area contributed by atoms with Crippen LogP contribution in [0.4, 0.5) is 28.4 Å². The molecule has 312 valence electrons. The molecule has 3 N–H and O–H groups in total. The van der Waals surface area contributed by atoms with Gasteiger partial charge in [-0.2, -0.15) is 0 Å². The molecule has 0 aliphatic carbocycles. The van der Waals surface area contributed by atoms with E-state index in [0.717, 1.165) is 102 Å². The van der Waals surface area contributed by atoms with E-state index in [1.165, 1.54) is 0 Å². The first-order valence-electron chi connectivity index (χ1n) is 17.9. The third-order valence-corrected chi connectivity index (χ3v) is 10.2. The van der Waals surface area contributed by atoms with Crippen LogP contribution in [-0.2, 0) is 14.4 Å². The fourth-order valence-corrected chi connectivity index (χ4v) is 6.66. The van der Waals surface area contributed by atoms with E-state index >= 15 is 0 Å². The van der Waals surface area contributed by atoms with Gasteiger partial charge in [0.15, 0.2) is 0 Å². The number of carbonyl (C=O) groups is 3. The summed E-state index contributed by atoms with van der Waals surface area (Å²) in [5, 5.41) is 24.1. The number of piperidine rings is 3. The lowest BCUT2D eigenvalue weighted by Crippen LogP contribution is -2.35. The van der Waals surface area contributed by atoms with E-state index in [4.69, 9.17) is 5.73 Å². The van der Waals surface area contributed by atoms with Crippen LogP contribution < -0.4 is 20.9 Å². The summed E-state index contributed by atoms with van der Waals surface area (Å²) in [7, 11) is 0. The standard InChI is InChI=1S/C13H16N2O3.C13H18N2O.C8H8BrNO2.C5H9NO.3CH4.H2/c1-9-8-12(15(17)18)10(2)7-11(9)14-6-4-3-5-13(14)16;1-9-8-12(10(2)7-11(9)14)15-6-4-3-5-13(15)16;1-5-4-8(10(11)12)6(2)3-7(5)9;7-5-3-1-2-4-6-5;;;;/h7-8H,3-6H2,1-2H3;7-8H,3-6,14H2,1-2H3;3-4H,1-2H3;1-4H2,(H,6,7);3*1H4;1H. The van der Waals surface area contributed by atoms with Crippen molar-refractivity contribution in [3.8, 4) is 0 Å². The van der Waals surface area contributed by atoms with E-state index < -0.39 is 0 Å². The number of benzene rings is 3. The first kappa shape index (κ1) is 51.1. The quantitative estimate of drug-likeness (QED) is 0.148. The molecule has 3 fully saturated rings. The van der Waals surface area contributed by atoms with Crippen molar-refractivity contribution in [1.29, 1.82) is 0 Å². The number of nitrogens with zero attached hydrogens (tertiary/aromatic N) is 4. The number of halogens is 1. The summed E-state index contributed by atoms with van der Waals surface area (Å²) in [5.41, 5.74) is 13.8. The molecule has 3 aliphatic rings. The van der Waals surface area contributed by atoms with Crippen LogP contribution in [0.15, 0.2) is 40.9 Å². The third kappa shape index (κ3) is 14.3. The van der Waals surface area contributed by atoms with Crippen molar-refractivity contribution in [1.82, 2.24) is 5.32 Å². The number of nitro benzene ring substituents is 2. The van der Waals surface area contributed by atoms with Crippen LogP contribution >= 0.6 is 15.9 Å². The second-order valence-electron chi connectivity index (χ2n) is 13.6. The van der Waals surface area contributed by atoms with E-state index in [9.17, 15) is 34.6 Å². The van der Waals surface area contributed by atoms with Crippen molar-refractivity contribution < 1.29 is 25.7 Å². The molecule has 6 rings (SSSR count). The van der Waals surface area contributed by atoms with Gasteiger partial charge in [0.1, 0.15) is 0 Å². The Labute approximate surface area is 343 Å². The second-order valence-corrected chi connectivity index (χ2v) is 14.5. The van der Waals surface area contributed by atoms with Crippen LogP contribution in [0.3, 0.4) is 0 Å². The predicted octanol–water partition coefficient (Wildman–Crippen LogP) is 10.5. The van der Waals surface area contributed by atoms with Gasteiger partial charge in [0.25, 0.3) is 11.4 Å². The zero-order valence-electron chi connectivity index (χ0n) is 31.6. The molecule has 0 unspecified atom stereocenters. The second kappa shape index (κ2) is 23.9. The van der Waals surface area contributed by atoms with Crippen molar-refractivity contribution in [3.63, 3.8) is 0 Å². The number of aryl methyl sites for hydroxylation is 6. The van der Waals surface area contributed by atoms with Gasteiger partial charge in [-0.25, -0.2) is 0 Å². The van der Waals surface area contributed by atoms with Gasteiger partial charge in [0.05, 0.1) is 9.85 Å². The summed E-state index contributed by atoms with van der Waals surface area (Å²) in [6.07, 6.45) is 8.23. The van der Waals surface area contributed by atoms with Gasteiger partial charge in [0, 0.05) is 85.1 Å². The van der Waals surface area contributed by atoms with Crippen molar-refractivity contribution in [3.05, 3.63) is 94.5 Å². The number of amides is 3.